The molecule has 4 rings (SSSR count). The average molecular weight is 372 g/mol. The lowest BCUT2D eigenvalue weighted by molar-refractivity contribution is 0.415. The van der Waals surface area contributed by atoms with Crippen molar-refractivity contribution in [2.75, 3.05) is 13.1 Å². The van der Waals surface area contributed by atoms with E-state index >= 15 is 0 Å². The number of phenolic OH excluding ortho intramolecular Hbond substituents is 2. The Balaban J connectivity index is 2.02. The van der Waals surface area contributed by atoms with Gasteiger partial charge in [0.25, 0.3) is 0 Å². The molecule has 5 nitrogen and oxygen atoms in total. The summed E-state index contributed by atoms with van der Waals surface area (Å²) in [6.45, 7) is 1.64. The molecule has 0 spiro atoms. The fourth-order valence-corrected chi connectivity index (χ4v) is 3.85. The van der Waals surface area contributed by atoms with Gasteiger partial charge >= 0.3 is 0 Å². The number of fused-ring (bicyclic) bond motifs is 1. The summed E-state index contributed by atoms with van der Waals surface area (Å²) >= 11 is 6.24. The highest BCUT2D eigenvalue weighted by molar-refractivity contribution is 6.33. The highest BCUT2D eigenvalue weighted by Gasteiger charge is 2.26. The minimum absolute atomic E-state index is 0.0454. The maximum absolute atomic E-state index is 12.7. The molecule has 3 N–H and O–H groups in total. The third-order valence-corrected chi connectivity index (χ3v) is 5.21. The number of hydrogen-bond donors (Lipinski definition) is 3. The standard InChI is InChI=1S/C20H18ClNO4/c21-13-4-2-1-3-12(13)17-10-16(25)19-15(24)9-14(23)18(20(19)26-17)11-5-7-22-8-6-11/h1-4,9-11,22-24H,5-8H2. The Labute approximate surface area is 154 Å². The molecule has 1 saturated heterocycles. The van der Waals surface area contributed by atoms with E-state index in [0.717, 1.165) is 25.9 Å². The Morgan fingerprint density at radius 2 is 1.81 bits per heavy atom. The van der Waals surface area contributed by atoms with Crippen molar-refractivity contribution in [3.8, 4) is 22.8 Å². The van der Waals surface area contributed by atoms with E-state index in [2.05, 4.69) is 5.32 Å². The van der Waals surface area contributed by atoms with Crippen LogP contribution in [0.1, 0.15) is 24.3 Å². The Hall–Kier alpha value is -2.50. The van der Waals surface area contributed by atoms with Crippen molar-refractivity contribution in [2.24, 2.45) is 0 Å². The molecular weight excluding hydrogens is 354 g/mol. The number of hydrogen-bond acceptors (Lipinski definition) is 5. The van der Waals surface area contributed by atoms with Gasteiger partial charge in [-0.1, -0.05) is 23.7 Å². The summed E-state index contributed by atoms with van der Waals surface area (Å²) in [5.74, 6) is 0.0216. The Morgan fingerprint density at radius 1 is 1.08 bits per heavy atom. The van der Waals surface area contributed by atoms with Gasteiger partial charge < -0.3 is 19.9 Å². The van der Waals surface area contributed by atoms with Gasteiger partial charge in [0.1, 0.15) is 28.2 Å². The molecule has 0 aliphatic carbocycles. The van der Waals surface area contributed by atoms with Crippen LogP contribution in [-0.2, 0) is 0 Å². The summed E-state index contributed by atoms with van der Waals surface area (Å²) in [6.07, 6.45) is 1.63. The first-order chi connectivity index (χ1) is 12.6. The molecule has 0 amide bonds. The first kappa shape index (κ1) is 16.9. The number of phenols is 2. The van der Waals surface area contributed by atoms with Crippen LogP contribution in [0.2, 0.25) is 5.02 Å². The van der Waals surface area contributed by atoms with Crippen LogP contribution >= 0.6 is 11.6 Å². The first-order valence-corrected chi connectivity index (χ1v) is 8.92. The van der Waals surface area contributed by atoms with E-state index in [0.29, 0.717) is 21.9 Å². The summed E-state index contributed by atoms with van der Waals surface area (Å²) < 4.78 is 6.03. The molecule has 3 aromatic rings. The summed E-state index contributed by atoms with van der Waals surface area (Å²) in [6, 6.07) is 9.63. The SMILES string of the molecule is O=c1cc(-c2ccccc2Cl)oc2c(C3CCNCC3)c(O)cc(O)c12. The molecule has 0 saturated carbocycles. The quantitative estimate of drug-likeness (QED) is 0.634. The second kappa shape index (κ2) is 6.67. The van der Waals surface area contributed by atoms with E-state index in [1.807, 2.05) is 0 Å². The van der Waals surface area contributed by atoms with Crippen molar-refractivity contribution in [3.63, 3.8) is 0 Å². The summed E-state index contributed by atoms with van der Waals surface area (Å²) in [5, 5.41) is 24.5. The summed E-state index contributed by atoms with van der Waals surface area (Å²) in [7, 11) is 0. The molecule has 26 heavy (non-hydrogen) atoms. The van der Waals surface area contributed by atoms with Crippen LogP contribution in [0.3, 0.4) is 0 Å². The number of nitrogens with one attached hydrogen (secondary N) is 1. The zero-order valence-corrected chi connectivity index (χ0v) is 14.7. The van der Waals surface area contributed by atoms with Crippen molar-refractivity contribution in [3.05, 3.63) is 57.2 Å². The van der Waals surface area contributed by atoms with Crippen LogP contribution in [0, 0.1) is 0 Å². The van der Waals surface area contributed by atoms with Crippen molar-refractivity contribution < 1.29 is 14.6 Å². The monoisotopic (exact) mass is 371 g/mol. The van der Waals surface area contributed by atoms with Crippen molar-refractivity contribution in [1.82, 2.24) is 5.32 Å². The smallest absolute Gasteiger partial charge is 0.197 e. The Morgan fingerprint density at radius 3 is 2.54 bits per heavy atom. The van der Waals surface area contributed by atoms with Gasteiger partial charge in [0.05, 0.1) is 5.02 Å². The second-order valence-corrected chi connectivity index (χ2v) is 6.92. The molecule has 6 heteroatoms. The van der Waals surface area contributed by atoms with Crippen molar-refractivity contribution in [1.29, 1.82) is 0 Å². The number of aromatic hydroxyl groups is 2. The third kappa shape index (κ3) is 2.83. The molecule has 134 valence electrons. The molecule has 1 aliphatic rings. The predicted octanol–water partition coefficient (Wildman–Crippen LogP) is 3.99. The topological polar surface area (TPSA) is 82.7 Å². The fraction of sp³-hybridized carbons (Fsp3) is 0.250. The van der Waals surface area contributed by atoms with Crippen LogP contribution in [0.25, 0.3) is 22.3 Å². The summed E-state index contributed by atoms with van der Waals surface area (Å²) in [5.41, 5.74) is 1.03. The number of rotatable bonds is 2. The van der Waals surface area contributed by atoms with Gasteiger partial charge in [0.2, 0.25) is 0 Å². The number of benzene rings is 2. The molecule has 0 unspecified atom stereocenters. The van der Waals surface area contributed by atoms with Gasteiger partial charge in [-0.3, -0.25) is 4.79 Å². The number of halogens is 1. The van der Waals surface area contributed by atoms with Crippen LogP contribution in [0.15, 0.2) is 45.6 Å². The second-order valence-electron chi connectivity index (χ2n) is 6.51. The van der Waals surface area contributed by atoms with E-state index in [1.165, 1.54) is 12.1 Å². The van der Waals surface area contributed by atoms with Crippen LogP contribution in [0.4, 0.5) is 0 Å². The van der Waals surface area contributed by atoms with E-state index in [-0.39, 0.29) is 33.8 Å². The van der Waals surface area contributed by atoms with E-state index in [9.17, 15) is 15.0 Å². The molecule has 1 aliphatic heterocycles. The van der Waals surface area contributed by atoms with Gasteiger partial charge in [0.15, 0.2) is 5.43 Å². The van der Waals surface area contributed by atoms with E-state index in [4.69, 9.17) is 16.0 Å². The highest BCUT2D eigenvalue weighted by atomic mass is 35.5. The molecule has 0 bridgehead atoms. The Bertz CT molecular complexity index is 1040. The maximum atomic E-state index is 12.7. The summed E-state index contributed by atoms with van der Waals surface area (Å²) in [4.78, 5) is 12.7. The molecule has 2 heterocycles. The van der Waals surface area contributed by atoms with Crippen LogP contribution in [-0.4, -0.2) is 23.3 Å². The minimum atomic E-state index is -0.367. The third-order valence-electron chi connectivity index (χ3n) is 4.88. The average Bonchev–Trinajstić information content (AvgIpc) is 2.62. The van der Waals surface area contributed by atoms with E-state index in [1.54, 1.807) is 24.3 Å². The van der Waals surface area contributed by atoms with E-state index < -0.39 is 0 Å². The molecule has 1 aromatic heterocycles. The highest BCUT2D eigenvalue weighted by Crippen LogP contribution is 2.42. The van der Waals surface area contributed by atoms with Gasteiger partial charge in [-0.2, -0.15) is 0 Å². The minimum Gasteiger partial charge on any atom is -0.507 e. The van der Waals surface area contributed by atoms with Crippen LogP contribution in [0.5, 0.6) is 11.5 Å². The molecule has 0 radical (unpaired) electrons. The fourth-order valence-electron chi connectivity index (χ4n) is 3.62. The largest absolute Gasteiger partial charge is 0.507 e. The molecular formula is C20H18ClNO4. The lowest BCUT2D eigenvalue weighted by Gasteiger charge is -2.24. The molecule has 1 fully saturated rings. The van der Waals surface area contributed by atoms with Gasteiger partial charge in [-0.25, -0.2) is 0 Å². The lowest BCUT2D eigenvalue weighted by atomic mass is 9.88. The maximum Gasteiger partial charge on any atom is 0.197 e. The Kier molecular flexibility index (Phi) is 4.34. The first-order valence-electron chi connectivity index (χ1n) is 8.54. The van der Waals surface area contributed by atoms with Crippen molar-refractivity contribution >= 4 is 22.6 Å². The van der Waals surface area contributed by atoms with Crippen molar-refractivity contribution in [2.45, 2.75) is 18.8 Å². The lowest BCUT2D eigenvalue weighted by Crippen LogP contribution is -2.26. The molecule has 2 aromatic carbocycles. The molecule has 0 atom stereocenters. The van der Waals surface area contributed by atoms with Gasteiger partial charge in [-0.15, -0.1) is 0 Å². The zero-order chi connectivity index (χ0) is 18.3. The zero-order valence-electron chi connectivity index (χ0n) is 14.0. The van der Waals surface area contributed by atoms with Gasteiger partial charge in [0, 0.05) is 23.3 Å². The number of piperidine rings is 1. The predicted molar refractivity (Wildman–Crippen MR) is 101 cm³/mol. The van der Waals surface area contributed by atoms with Gasteiger partial charge in [-0.05, 0) is 44.0 Å². The van der Waals surface area contributed by atoms with Crippen LogP contribution < -0.4 is 10.7 Å². The normalized spacial score (nSPS) is 15.4.